The van der Waals surface area contributed by atoms with Gasteiger partial charge in [-0.25, -0.2) is 4.39 Å². The van der Waals surface area contributed by atoms with Crippen molar-refractivity contribution in [2.75, 3.05) is 14.2 Å². The van der Waals surface area contributed by atoms with Gasteiger partial charge in [0.05, 0.1) is 19.8 Å². The second-order valence-electron chi connectivity index (χ2n) is 4.90. The largest absolute Gasteiger partial charge is 0.492 e. The number of benzene rings is 2. The zero-order valence-corrected chi connectivity index (χ0v) is 12.3. The Bertz CT molecular complexity index is 801. The predicted octanol–water partition coefficient (Wildman–Crippen LogP) is 3.95. The maximum absolute atomic E-state index is 14.4. The third-order valence-corrected chi connectivity index (χ3v) is 3.72. The maximum atomic E-state index is 14.4. The van der Waals surface area contributed by atoms with Gasteiger partial charge in [0.25, 0.3) is 0 Å². The Morgan fingerprint density at radius 3 is 2.45 bits per heavy atom. The third kappa shape index (κ3) is 2.10. The summed E-state index contributed by atoms with van der Waals surface area (Å²) in [7, 11) is 2.69. The maximum Gasteiger partial charge on any atom is 0.205 e. The molecule has 2 nitrogen and oxygen atoms in total. The second kappa shape index (κ2) is 5.69. The van der Waals surface area contributed by atoms with Crippen molar-refractivity contribution >= 4 is 0 Å². The smallest absolute Gasteiger partial charge is 0.205 e. The van der Waals surface area contributed by atoms with Gasteiger partial charge in [0.1, 0.15) is 0 Å². The molecule has 0 heterocycles. The molecule has 0 aliphatic heterocycles. The first-order valence-electron chi connectivity index (χ1n) is 6.89. The number of ether oxygens (including phenoxy) is 2. The molecule has 3 rings (SSSR count). The molecule has 2 aromatic rings. The molecular formula is C18H14F2O2. The summed E-state index contributed by atoms with van der Waals surface area (Å²) in [5.41, 5.74) is 2.27. The van der Waals surface area contributed by atoms with E-state index in [-0.39, 0.29) is 17.1 Å². The molecule has 0 unspecified atom stereocenters. The minimum absolute atomic E-state index is 0.0160. The number of aryl methyl sites for hydroxylation is 1. The van der Waals surface area contributed by atoms with Crippen molar-refractivity contribution in [2.24, 2.45) is 0 Å². The summed E-state index contributed by atoms with van der Waals surface area (Å²) in [6, 6.07) is 7.59. The lowest BCUT2D eigenvalue weighted by atomic mass is 9.90. The van der Waals surface area contributed by atoms with Crippen molar-refractivity contribution in [3.63, 3.8) is 0 Å². The molecule has 0 fully saturated rings. The molecule has 22 heavy (non-hydrogen) atoms. The molecule has 4 heteroatoms. The van der Waals surface area contributed by atoms with E-state index in [0.717, 1.165) is 17.5 Å². The number of methoxy groups -OCH3 is 2. The van der Waals surface area contributed by atoms with Gasteiger partial charge in [0, 0.05) is 12.0 Å². The Hall–Kier alpha value is -2.54. The van der Waals surface area contributed by atoms with E-state index < -0.39 is 11.6 Å². The number of halogens is 2. The van der Waals surface area contributed by atoms with Crippen LogP contribution in [0.4, 0.5) is 8.78 Å². The van der Waals surface area contributed by atoms with Crippen LogP contribution in [0.3, 0.4) is 0 Å². The molecule has 2 aromatic carbocycles. The lowest BCUT2D eigenvalue weighted by molar-refractivity contribution is 0.329. The van der Waals surface area contributed by atoms with Crippen LogP contribution in [0, 0.1) is 23.5 Å². The summed E-state index contributed by atoms with van der Waals surface area (Å²) >= 11 is 0. The summed E-state index contributed by atoms with van der Waals surface area (Å²) in [5.74, 6) is 3.47. The van der Waals surface area contributed by atoms with Gasteiger partial charge in [-0.05, 0) is 17.5 Å². The first-order valence-corrected chi connectivity index (χ1v) is 6.89. The fourth-order valence-corrected chi connectivity index (χ4v) is 2.73. The van der Waals surface area contributed by atoms with Gasteiger partial charge < -0.3 is 9.47 Å². The third-order valence-electron chi connectivity index (χ3n) is 3.72. The van der Waals surface area contributed by atoms with E-state index in [0.29, 0.717) is 12.0 Å². The van der Waals surface area contributed by atoms with Crippen LogP contribution in [-0.4, -0.2) is 14.2 Å². The lowest BCUT2D eigenvalue weighted by Crippen LogP contribution is -2.05. The van der Waals surface area contributed by atoms with E-state index in [1.54, 1.807) is 0 Å². The van der Waals surface area contributed by atoms with Gasteiger partial charge >= 0.3 is 0 Å². The summed E-state index contributed by atoms with van der Waals surface area (Å²) < 4.78 is 39.0. The van der Waals surface area contributed by atoms with Crippen LogP contribution in [0.2, 0.25) is 0 Å². The molecule has 112 valence electrons. The molecule has 0 atom stereocenters. The first-order chi connectivity index (χ1) is 10.7. The average molecular weight is 300 g/mol. The molecule has 1 aliphatic carbocycles. The normalized spacial score (nSPS) is 12.2. The molecule has 0 aromatic heterocycles. The van der Waals surface area contributed by atoms with Gasteiger partial charge in [0.2, 0.25) is 11.6 Å². The highest BCUT2D eigenvalue weighted by Gasteiger charge is 2.27. The van der Waals surface area contributed by atoms with Crippen LogP contribution < -0.4 is 9.47 Å². The van der Waals surface area contributed by atoms with Gasteiger partial charge in [-0.3, -0.25) is 0 Å². The predicted molar refractivity (Wildman–Crippen MR) is 80.1 cm³/mol. The number of hydrogen-bond donors (Lipinski definition) is 0. The quantitative estimate of drug-likeness (QED) is 0.782. The highest BCUT2D eigenvalue weighted by molar-refractivity contribution is 5.83. The van der Waals surface area contributed by atoms with Crippen molar-refractivity contribution < 1.29 is 18.3 Å². The molecule has 1 aliphatic rings. The van der Waals surface area contributed by atoms with Crippen LogP contribution in [0.1, 0.15) is 17.5 Å². The Morgan fingerprint density at radius 2 is 1.73 bits per heavy atom. The highest BCUT2D eigenvalue weighted by Crippen LogP contribution is 2.45. The van der Waals surface area contributed by atoms with Gasteiger partial charge in [-0.1, -0.05) is 36.1 Å². The van der Waals surface area contributed by atoms with E-state index in [1.165, 1.54) is 14.2 Å². The zero-order valence-electron chi connectivity index (χ0n) is 12.3. The summed E-state index contributed by atoms with van der Waals surface area (Å²) in [5, 5.41) is 0. The van der Waals surface area contributed by atoms with Gasteiger partial charge in [-0.15, -0.1) is 0 Å². The molecule has 0 radical (unpaired) electrons. The zero-order chi connectivity index (χ0) is 15.7. The molecule has 0 saturated carbocycles. The van der Waals surface area contributed by atoms with E-state index in [9.17, 15) is 8.78 Å². The van der Waals surface area contributed by atoms with Crippen molar-refractivity contribution in [2.45, 2.75) is 12.8 Å². The molecule has 0 amide bonds. The molecule has 0 N–H and O–H groups in total. The average Bonchev–Trinajstić information content (AvgIpc) is 2.52. The van der Waals surface area contributed by atoms with E-state index in [2.05, 4.69) is 11.8 Å². The Labute approximate surface area is 127 Å². The SMILES string of the molecule is COc1c(F)c(F)c2c(c1OC)-c1ccccc1CCC#C2. The van der Waals surface area contributed by atoms with Crippen molar-refractivity contribution in [1.29, 1.82) is 0 Å². The van der Waals surface area contributed by atoms with Gasteiger partial charge in [-0.2, -0.15) is 4.39 Å². The Balaban J connectivity index is 2.47. The summed E-state index contributed by atoms with van der Waals surface area (Å²) in [6.45, 7) is 0. The van der Waals surface area contributed by atoms with E-state index >= 15 is 0 Å². The van der Waals surface area contributed by atoms with Crippen molar-refractivity contribution in [1.82, 2.24) is 0 Å². The van der Waals surface area contributed by atoms with Crippen LogP contribution >= 0.6 is 0 Å². The number of rotatable bonds is 2. The van der Waals surface area contributed by atoms with Crippen LogP contribution in [0.15, 0.2) is 24.3 Å². The van der Waals surface area contributed by atoms with Crippen molar-refractivity contribution in [3.05, 3.63) is 47.0 Å². The van der Waals surface area contributed by atoms with E-state index in [4.69, 9.17) is 9.47 Å². The molecule has 0 saturated heterocycles. The second-order valence-corrected chi connectivity index (χ2v) is 4.90. The molecule has 0 spiro atoms. The first kappa shape index (κ1) is 14.4. The van der Waals surface area contributed by atoms with Crippen molar-refractivity contribution in [3.8, 4) is 34.5 Å². The number of fused-ring (bicyclic) bond motifs is 3. The van der Waals surface area contributed by atoms with Crippen LogP contribution in [-0.2, 0) is 6.42 Å². The van der Waals surface area contributed by atoms with Gasteiger partial charge in [0.15, 0.2) is 11.6 Å². The fourth-order valence-electron chi connectivity index (χ4n) is 2.73. The Morgan fingerprint density at radius 1 is 1.00 bits per heavy atom. The minimum atomic E-state index is -1.08. The van der Waals surface area contributed by atoms with Crippen LogP contribution in [0.5, 0.6) is 11.5 Å². The minimum Gasteiger partial charge on any atom is -0.492 e. The van der Waals surface area contributed by atoms with E-state index in [1.807, 2.05) is 24.3 Å². The fraction of sp³-hybridized carbons (Fsp3) is 0.222. The monoisotopic (exact) mass is 300 g/mol. The topological polar surface area (TPSA) is 18.5 Å². The number of hydrogen-bond acceptors (Lipinski definition) is 2. The highest BCUT2D eigenvalue weighted by atomic mass is 19.2. The summed E-state index contributed by atoms with van der Waals surface area (Å²) in [6.07, 6.45) is 1.33. The van der Waals surface area contributed by atoms with Crippen LogP contribution in [0.25, 0.3) is 11.1 Å². The molecular weight excluding hydrogens is 286 g/mol. The standard InChI is InChI=1S/C18H14F2O2/c1-21-17-14-12-9-5-3-7-11(12)8-4-6-10-13(14)15(19)16(20)18(17)22-2/h3,5,7,9H,4,8H2,1-2H3. The molecule has 0 bridgehead atoms. The summed E-state index contributed by atoms with van der Waals surface area (Å²) in [4.78, 5) is 0. The Kier molecular flexibility index (Phi) is 3.72. The lowest BCUT2D eigenvalue weighted by Gasteiger charge is -2.19.